The summed E-state index contributed by atoms with van der Waals surface area (Å²) in [5.41, 5.74) is 2.25. The molecule has 0 aliphatic carbocycles. The van der Waals surface area contributed by atoms with Gasteiger partial charge in [0, 0.05) is 67.6 Å². The second-order valence-electron chi connectivity index (χ2n) is 10.8. The number of hydrogen-bond acceptors (Lipinski definition) is 9. The number of rotatable bonds is 10. The number of nitrogens with one attached hydrogen (secondary N) is 1. The third-order valence-electron chi connectivity index (χ3n) is 7.51. The van der Waals surface area contributed by atoms with Gasteiger partial charge in [-0.3, -0.25) is 19.1 Å². The highest BCUT2D eigenvalue weighted by atomic mass is 35.5. The summed E-state index contributed by atoms with van der Waals surface area (Å²) in [6, 6.07) is 5.34. The van der Waals surface area contributed by atoms with E-state index in [4.69, 9.17) is 30.8 Å². The largest absolute Gasteiger partial charge is 0.497 e. The number of anilines is 1. The predicted molar refractivity (Wildman–Crippen MR) is 163 cm³/mol. The Balaban J connectivity index is 1.42. The van der Waals surface area contributed by atoms with Crippen molar-refractivity contribution in [3.8, 4) is 22.6 Å². The molecule has 5 rings (SSSR count). The van der Waals surface area contributed by atoms with E-state index < -0.39 is 0 Å². The fourth-order valence-electron chi connectivity index (χ4n) is 5.15. The first-order valence-corrected chi connectivity index (χ1v) is 14.5. The molecule has 1 aromatic carbocycles. The first kappa shape index (κ1) is 29.8. The zero-order valence-corrected chi connectivity index (χ0v) is 25.2. The molecule has 1 N–H and O–H groups in total. The highest BCUT2D eigenvalue weighted by Gasteiger charge is 2.23. The molecule has 0 atom stereocenters. The smallest absolute Gasteiger partial charge is 0.260 e. The molecule has 0 spiro atoms. The van der Waals surface area contributed by atoms with Gasteiger partial charge in [-0.1, -0.05) is 17.2 Å². The Morgan fingerprint density at radius 3 is 2.50 bits per heavy atom. The van der Waals surface area contributed by atoms with Crippen molar-refractivity contribution in [2.45, 2.75) is 32.9 Å². The maximum atomic E-state index is 14.1. The molecule has 2 aliphatic rings. The summed E-state index contributed by atoms with van der Waals surface area (Å²) in [7, 11) is 3.08. The van der Waals surface area contributed by atoms with E-state index in [1.807, 2.05) is 18.7 Å². The van der Waals surface area contributed by atoms with Gasteiger partial charge in [-0.25, -0.2) is 4.98 Å². The highest BCUT2D eigenvalue weighted by Crippen LogP contribution is 2.38. The van der Waals surface area contributed by atoms with Crippen LogP contribution < -0.4 is 20.3 Å². The highest BCUT2D eigenvalue weighted by molar-refractivity contribution is 6.35. The van der Waals surface area contributed by atoms with Crippen molar-refractivity contribution in [3.05, 3.63) is 51.4 Å². The zero-order chi connectivity index (χ0) is 29.8. The van der Waals surface area contributed by atoms with Crippen molar-refractivity contribution in [3.63, 3.8) is 0 Å². The summed E-state index contributed by atoms with van der Waals surface area (Å²) in [4.78, 5) is 39.9. The number of halogens is 1. The van der Waals surface area contributed by atoms with Gasteiger partial charge in [0.1, 0.15) is 17.1 Å². The summed E-state index contributed by atoms with van der Waals surface area (Å²) in [6.07, 6.45) is 4.13. The van der Waals surface area contributed by atoms with Gasteiger partial charge in [0.05, 0.1) is 38.5 Å². The first-order valence-electron chi connectivity index (χ1n) is 14.1. The van der Waals surface area contributed by atoms with E-state index in [2.05, 4.69) is 15.2 Å². The topological polar surface area (TPSA) is 111 Å². The fraction of sp³-hybridized carbons (Fsp3) is 0.467. The molecule has 0 unspecified atom stereocenters. The molecular formula is C30H37ClN6O5. The Labute approximate surface area is 250 Å². The molecule has 11 nitrogen and oxygen atoms in total. The first-order chi connectivity index (χ1) is 20.3. The molecule has 12 heteroatoms. The number of benzene rings is 1. The molecule has 224 valence electrons. The molecule has 2 fully saturated rings. The van der Waals surface area contributed by atoms with E-state index in [1.165, 1.54) is 7.11 Å². The van der Waals surface area contributed by atoms with Crippen molar-refractivity contribution < 1.29 is 19.0 Å². The van der Waals surface area contributed by atoms with Gasteiger partial charge in [0.15, 0.2) is 0 Å². The van der Waals surface area contributed by atoms with Gasteiger partial charge in [0.2, 0.25) is 11.9 Å². The van der Waals surface area contributed by atoms with Crippen LogP contribution in [-0.2, 0) is 16.1 Å². The summed E-state index contributed by atoms with van der Waals surface area (Å²) in [5.74, 6) is 1.46. The van der Waals surface area contributed by atoms with Crippen LogP contribution in [0, 0.1) is 0 Å². The Hall–Kier alpha value is -3.67. The van der Waals surface area contributed by atoms with Crippen molar-refractivity contribution in [1.82, 2.24) is 24.3 Å². The van der Waals surface area contributed by atoms with Crippen molar-refractivity contribution in [2.24, 2.45) is 0 Å². The number of aromatic nitrogens is 3. The summed E-state index contributed by atoms with van der Waals surface area (Å²) < 4.78 is 17.9. The summed E-state index contributed by atoms with van der Waals surface area (Å²) in [5, 5.41) is 4.31. The Morgan fingerprint density at radius 2 is 1.86 bits per heavy atom. The van der Waals surface area contributed by atoms with Gasteiger partial charge in [-0.2, -0.15) is 4.98 Å². The van der Waals surface area contributed by atoms with Crippen LogP contribution in [0.3, 0.4) is 0 Å². The minimum absolute atomic E-state index is 0.0647. The van der Waals surface area contributed by atoms with Crippen LogP contribution in [0.15, 0.2) is 40.8 Å². The number of carbonyl (C=O) groups is 1. The Morgan fingerprint density at radius 1 is 1.10 bits per heavy atom. The number of amides is 1. The SMILES string of the molecule is COc1cc(OC)c(Cl)c(-c2cc3cnc(NC4COC4)nc3n(CCCN3CCN(C(=O)C=C(C)C)CC3)c2=O)c1. The van der Waals surface area contributed by atoms with E-state index in [0.717, 1.165) is 31.6 Å². The van der Waals surface area contributed by atoms with E-state index in [0.29, 0.717) is 77.5 Å². The zero-order valence-electron chi connectivity index (χ0n) is 24.5. The molecule has 2 aromatic heterocycles. The van der Waals surface area contributed by atoms with Crippen LogP contribution in [0.4, 0.5) is 5.95 Å². The fourth-order valence-corrected chi connectivity index (χ4v) is 5.44. The Bertz CT molecular complexity index is 1540. The van der Waals surface area contributed by atoms with Gasteiger partial charge >= 0.3 is 0 Å². The number of allylic oxidation sites excluding steroid dienone is 1. The molecule has 2 aliphatic heterocycles. The molecule has 3 aromatic rings. The quantitative estimate of drug-likeness (QED) is 0.352. The van der Waals surface area contributed by atoms with Gasteiger partial charge < -0.3 is 24.4 Å². The standard InChI is InChI=1S/C30H37ClN6O5/c1-19(2)12-26(38)36-10-8-35(9-11-36)6-5-7-37-28-20(16-32-30(34-28)33-21-17-42-18-21)13-24(29(37)39)23-14-22(40-3)15-25(41-4)27(23)31/h12-16,21H,5-11,17-18H2,1-4H3,(H,32,33,34). The van der Waals surface area contributed by atoms with Crippen molar-refractivity contribution in [2.75, 3.05) is 65.5 Å². The van der Waals surface area contributed by atoms with Crippen LogP contribution in [0.25, 0.3) is 22.2 Å². The van der Waals surface area contributed by atoms with E-state index in [9.17, 15) is 9.59 Å². The number of hydrogen-bond donors (Lipinski definition) is 1. The number of piperazine rings is 1. The minimum atomic E-state index is -0.214. The number of pyridine rings is 1. The normalized spacial score (nSPS) is 15.8. The van der Waals surface area contributed by atoms with Crippen LogP contribution in [0.5, 0.6) is 11.5 Å². The third-order valence-corrected chi connectivity index (χ3v) is 7.90. The second-order valence-corrected chi connectivity index (χ2v) is 11.2. The lowest BCUT2D eigenvalue weighted by Crippen LogP contribution is -2.48. The van der Waals surface area contributed by atoms with Crippen LogP contribution in [0.2, 0.25) is 5.02 Å². The van der Waals surface area contributed by atoms with E-state index >= 15 is 0 Å². The molecule has 42 heavy (non-hydrogen) atoms. The number of ether oxygens (including phenoxy) is 3. The molecule has 0 saturated carbocycles. The lowest BCUT2D eigenvalue weighted by molar-refractivity contribution is -0.127. The van der Waals surface area contributed by atoms with Gasteiger partial charge in [0.25, 0.3) is 5.56 Å². The summed E-state index contributed by atoms with van der Waals surface area (Å²) in [6.45, 7) is 9.22. The number of fused-ring (bicyclic) bond motifs is 1. The molecule has 2 saturated heterocycles. The van der Waals surface area contributed by atoms with Gasteiger partial charge in [-0.15, -0.1) is 0 Å². The maximum absolute atomic E-state index is 14.1. The van der Waals surface area contributed by atoms with E-state index in [1.54, 1.807) is 42.1 Å². The van der Waals surface area contributed by atoms with Crippen molar-refractivity contribution >= 4 is 34.5 Å². The molecule has 0 radical (unpaired) electrons. The Kier molecular flexibility index (Phi) is 9.30. The maximum Gasteiger partial charge on any atom is 0.260 e. The second kappa shape index (κ2) is 13.1. The number of methoxy groups -OCH3 is 2. The van der Waals surface area contributed by atoms with Crippen molar-refractivity contribution in [1.29, 1.82) is 0 Å². The van der Waals surface area contributed by atoms with E-state index in [-0.39, 0.29) is 17.5 Å². The monoisotopic (exact) mass is 596 g/mol. The molecule has 0 bridgehead atoms. The molecule has 1 amide bonds. The summed E-state index contributed by atoms with van der Waals surface area (Å²) >= 11 is 6.70. The lowest BCUT2D eigenvalue weighted by Gasteiger charge is -2.34. The molecule has 4 heterocycles. The minimum Gasteiger partial charge on any atom is -0.497 e. The van der Waals surface area contributed by atoms with Crippen LogP contribution in [-0.4, -0.2) is 96.4 Å². The van der Waals surface area contributed by atoms with Gasteiger partial charge in [-0.05, 0) is 38.9 Å². The average Bonchev–Trinajstić information content (AvgIpc) is 2.96. The number of carbonyl (C=O) groups excluding carboxylic acids is 1. The number of aryl methyl sites for hydroxylation is 1. The lowest BCUT2D eigenvalue weighted by atomic mass is 10.0. The van der Waals surface area contributed by atoms with Crippen LogP contribution >= 0.6 is 11.6 Å². The predicted octanol–water partition coefficient (Wildman–Crippen LogP) is 3.44. The average molecular weight is 597 g/mol. The molecular weight excluding hydrogens is 560 g/mol. The number of nitrogens with zero attached hydrogens (tertiary/aromatic N) is 5. The third kappa shape index (κ3) is 6.53. The van der Waals surface area contributed by atoms with Crippen LogP contribution in [0.1, 0.15) is 20.3 Å².